The number of likely N-dealkylation sites (N-methyl/N-ethyl adjacent to an activating group) is 1. The van der Waals surface area contributed by atoms with Crippen molar-refractivity contribution in [3.63, 3.8) is 0 Å². The highest BCUT2D eigenvalue weighted by molar-refractivity contribution is 6.03. The van der Waals surface area contributed by atoms with E-state index >= 15 is 0 Å². The number of aromatic nitrogens is 1. The van der Waals surface area contributed by atoms with Crippen LogP contribution in [-0.4, -0.2) is 60.1 Å². The van der Waals surface area contributed by atoms with Crippen LogP contribution in [0.5, 0.6) is 0 Å². The van der Waals surface area contributed by atoms with Gasteiger partial charge in [0.05, 0.1) is 35.0 Å². The number of anilines is 1. The summed E-state index contributed by atoms with van der Waals surface area (Å²) in [5.74, 6) is -5.09. The number of alkyl halides is 9. The van der Waals surface area contributed by atoms with Gasteiger partial charge >= 0.3 is 24.5 Å². The van der Waals surface area contributed by atoms with Crippen LogP contribution in [0.4, 0.5) is 49.6 Å². The van der Waals surface area contributed by atoms with E-state index in [2.05, 4.69) is 4.98 Å². The summed E-state index contributed by atoms with van der Waals surface area (Å²) in [4.78, 5) is 45.4. The number of carbonyl (C=O) groups is 3. The normalized spacial score (nSPS) is 17.2. The lowest BCUT2D eigenvalue weighted by atomic mass is 9.81. The molecule has 2 amide bonds. The van der Waals surface area contributed by atoms with E-state index in [4.69, 9.17) is 4.74 Å². The number of hydrogen-bond acceptors (Lipinski definition) is 5. The van der Waals surface area contributed by atoms with Crippen molar-refractivity contribution in [1.82, 2.24) is 9.88 Å². The molecule has 0 spiro atoms. The van der Waals surface area contributed by atoms with Gasteiger partial charge in [-0.1, -0.05) is 6.07 Å². The number of likely N-dealkylation sites (tertiary alicyclic amines) is 1. The van der Waals surface area contributed by atoms with Crippen LogP contribution in [0.2, 0.25) is 0 Å². The van der Waals surface area contributed by atoms with Gasteiger partial charge in [0.15, 0.2) is 0 Å². The highest BCUT2D eigenvalue weighted by Gasteiger charge is 2.50. The van der Waals surface area contributed by atoms with Gasteiger partial charge in [-0.05, 0) is 80.8 Å². The van der Waals surface area contributed by atoms with Crippen LogP contribution < -0.4 is 4.90 Å². The number of carbonyl (C=O) groups excluding carboxylic acids is 3. The zero-order valence-electron chi connectivity index (χ0n) is 27.6. The van der Waals surface area contributed by atoms with E-state index in [-0.39, 0.29) is 40.7 Å². The third-order valence-electron chi connectivity index (χ3n) is 8.58. The summed E-state index contributed by atoms with van der Waals surface area (Å²) in [6.45, 7) is 3.16. The highest BCUT2D eigenvalue weighted by Crippen LogP contribution is 2.43. The smallest absolute Gasteiger partial charge is 0.416 e. The molecule has 1 saturated heterocycles. The Balaban J connectivity index is 1.88. The minimum absolute atomic E-state index is 0.0704. The Morgan fingerprint density at radius 1 is 0.902 bits per heavy atom. The molecule has 276 valence electrons. The second-order valence-corrected chi connectivity index (χ2v) is 12.5. The summed E-state index contributed by atoms with van der Waals surface area (Å²) in [7, 11) is 1.17. The monoisotopic (exact) mass is 735 g/mol. The zero-order valence-corrected chi connectivity index (χ0v) is 27.6. The first kappa shape index (κ1) is 39.1. The first-order valence-electron chi connectivity index (χ1n) is 15.2. The summed E-state index contributed by atoms with van der Waals surface area (Å²) in [5, 5.41) is 0. The van der Waals surface area contributed by atoms with Crippen molar-refractivity contribution in [2.75, 3.05) is 25.1 Å². The summed E-state index contributed by atoms with van der Waals surface area (Å²) in [6, 6.07) is 3.82. The number of ether oxygens (including phenoxy) is 1. The lowest BCUT2D eigenvalue weighted by Crippen LogP contribution is -2.46. The molecule has 0 bridgehead atoms. The molecule has 0 aliphatic carbocycles. The first-order chi connectivity index (χ1) is 23.4. The second-order valence-electron chi connectivity index (χ2n) is 12.5. The Morgan fingerprint density at radius 3 is 1.98 bits per heavy atom. The molecule has 1 fully saturated rings. The van der Waals surface area contributed by atoms with Gasteiger partial charge in [0.2, 0.25) is 11.8 Å². The van der Waals surface area contributed by atoms with Gasteiger partial charge in [0.1, 0.15) is 18.4 Å². The molecule has 1 aromatic heterocycles. The number of amides is 2. The number of rotatable bonds is 8. The van der Waals surface area contributed by atoms with Crippen LogP contribution in [0.15, 0.2) is 48.7 Å². The third-order valence-corrected chi connectivity index (χ3v) is 8.58. The predicted octanol–water partition coefficient (Wildman–Crippen LogP) is 7.98. The fraction of sp³-hybridized carbons (Fsp3) is 0.412. The Kier molecular flexibility index (Phi) is 10.6. The van der Waals surface area contributed by atoms with Crippen molar-refractivity contribution >= 4 is 23.5 Å². The predicted molar refractivity (Wildman–Crippen MR) is 163 cm³/mol. The van der Waals surface area contributed by atoms with E-state index < -0.39 is 89.2 Å². The number of nitrogens with zero attached hydrogens (tertiary/aromatic N) is 3. The van der Waals surface area contributed by atoms with Crippen molar-refractivity contribution < 1.29 is 63.0 Å². The Labute approximate surface area is 285 Å². The van der Waals surface area contributed by atoms with E-state index in [9.17, 15) is 58.3 Å². The largest absolute Gasteiger partial charge is 0.464 e. The van der Waals surface area contributed by atoms with Gasteiger partial charge in [-0.3, -0.25) is 14.6 Å². The molecule has 0 radical (unpaired) electrons. The molecule has 51 heavy (non-hydrogen) atoms. The third kappa shape index (κ3) is 8.28. The van der Waals surface area contributed by atoms with E-state index in [1.807, 2.05) is 0 Å². The molecule has 2 heterocycles. The number of hydrogen-bond donors (Lipinski definition) is 0. The molecule has 3 aromatic rings. The van der Waals surface area contributed by atoms with Crippen LogP contribution in [0.1, 0.15) is 61.1 Å². The van der Waals surface area contributed by atoms with Crippen LogP contribution in [-0.2, 0) is 36.9 Å². The van der Waals surface area contributed by atoms with Crippen LogP contribution in [0.3, 0.4) is 0 Å². The van der Waals surface area contributed by atoms with Gasteiger partial charge in [-0.25, -0.2) is 9.18 Å². The molecule has 7 nitrogen and oxygen atoms in total. The minimum Gasteiger partial charge on any atom is -0.464 e. The quantitative estimate of drug-likeness (QED) is 0.173. The maximum Gasteiger partial charge on any atom is 0.416 e. The molecule has 17 heteroatoms. The summed E-state index contributed by atoms with van der Waals surface area (Å²) >= 11 is 0. The molecule has 0 N–H and O–H groups in total. The molecule has 2 atom stereocenters. The highest BCUT2D eigenvalue weighted by atomic mass is 19.4. The molecule has 1 aliphatic heterocycles. The van der Waals surface area contributed by atoms with Crippen LogP contribution >= 0.6 is 0 Å². The number of esters is 1. The van der Waals surface area contributed by atoms with Gasteiger partial charge < -0.3 is 14.5 Å². The average Bonchev–Trinajstić information content (AvgIpc) is 3.33. The fourth-order valence-corrected chi connectivity index (χ4v) is 6.00. The SMILES string of the molecule is CCOC(=O)C1C(c2cc(-c3ccc(F)cc3C)c(N(C)C(=O)C(C)(C)c3cc(C(F)(F)F)cc(C(F)(F)F)c3)cn2)CC(=O)N1CC(F)(F)F. The number of aryl methyl sites for hydroxylation is 1. The zero-order chi connectivity index (χ0) is 38.4. The van der Waals surface area contributed by atoms with Crippen molar-refractivity contribution in [2.24, 2.45) is 0 Å². The van der Waals surface area contributed by atoms with Crippen molar-refractivity contribution in [3.8, 4) is 11.1 Å². The maximum absolute atomic E-state index is 14.2. The van der Waals surface area contributed by atoms with E-state index in [0.29, 0.717) is 17.0 Å². The van der Waals surface area contributed by atoms with Crippen molar-refractivity contribution in [3.05, 3.63) is 82.4 Å². The van der Waals surface area contributed by atoms with Gasteiger partial charge in [-0.15, -0.1) is 0 Å². The topological polar surface area (TPSA) is 79.8 Å². The number of halogens is 10. The van der Waals surface area contributed by atoms with Crippen LogP contribution in [0, 0.1) is 12.7 Å². The lowest BCUT2D eigenvalue weighted by molar-refractivity contribution is -0.169. The summed E-state index contributed by atoms with van der Waals surface area (Å²) in [6.07, 6.45) is -14.8. The Bertz CT molecular complexity index is 1800. The summed E-state index contributed by atoms with van der Waals surface area (Å²) in [5.41, 5.74) is -5.47. The van der Waals surface area contributed by atoms with E-state index in [1.54, 1.807) is 0 Å². The fourth-order valence-electron chi connectivity index (χ4n) is 6.00. The number of pyridine rings is 1. The van der Waals surface area contributed by atoms with Crippen molar-refractivity contribution in [2.45, 2.75) is 70.0 Å². The van der Waals surface area contributed by atoms with Crippen LogP contribution in [0.25, 0.3) is 11.1 Å². The standard InChI is InChI=1S/C34H31F10N3O4/c1-6-51-29(49)28-24(14-27(48)47(28)16-32(36,37)38)25-13-23(22-8-7-21(35)9-17(22)2)26(15-45-25)46(5)30(50)31(3,4)18-10-19(33(39,40)41)12-20(11-18)34(42,43)44/h7-13,15,24,28H,6,14,16H2,1-5H3. The van der Waals surface area contributed by atoms with Crippen molar-refractivity contribution in [1.29, 1.82) is 0 Å². The van der Waals surface area contributed by atoms with E-state index in [0.717, 1.165) is 37.1 Å². The minimum atomic E-state index is -5.19. The van der Waals surface area contributed by atoms with Gasteiger partial charge in [0.25, 0.3) is 0 Å². The molecular formula is C34H31F10N3O4. The molecule has 0 saturated carbocycles. The molecule has 1 aliphatic rings. The van der Waals surface area contributed by atoms with Gasteiger partial charge in [-0.2, -0.15) is 39.5 Å². The Morgan fingerprint density at radius 2 is 1.47 bits per heavy atom. The summed E-state index contributed by atoms with van der Waals surface area (Å²) < 4.78 is 141. The molecule has 4 rings (SSSR count). The lowest BCUT2D eigenvalue weighted by Gasteiger charge is -2.32. The number of benzene rings is 2. The molecule has 2 aromatic carbocycles. The molecule has 2 unspecified atom stereocenters. The van der Waals surface area contributed by atoms with Gasteiger partial charge in [0, 0.05) is 30.6 Å². The Hall–Kier alpha value is -4.70. The molecular weight excluding hydrogens is 704 g/mol. The average molecular weight is 736 g/mol. The van der Waals surface area contributed by atoms with E-state index in [1.165, 1.54) is 33.0 Å². The first-order valence-corrected chi connectivity index (χ1v) is 15.2. The second kappa shape index (κ2) is 13.8. The maximum atomic E-state index is 14.2.